The minimum absolute atomic E-state index is 0.0717. The first kappa shape index (κ1) is 17.6. The summed E-state index contributed by atoms with van der Waals surface area (Å²) >= 11 is 6.10. The van der Waals surface area contributed by atoms with Crippen LogP contribution in [-0.2, 0) is 4.79 Å². The van der Waals surface area contributed by atoms with E-state index in [4.69, 9.17) is 21.1 Å². The molecule has 0 saturated carbocycles. The zero-order valence-corrected chi connectivity index (χ0v) is 15.5. The highest BCUT2D eigenvalue weighted by Crippen LogP contribution is 2.39. The molecule has 0 saturated heterocycles. The number of halogens is 1. The summed E-state index contributed by atoms with van der Waals surface area (Å²) < 4.78 is 11.6. The summed E-state index contributed by atoms with van der Waals surface area (Å²) in [5.41, 5.74) is 1.02. The lowest BCUT2D eigenvalue weighted by atomic mass is 10.0. The van der Waals surface area contributed by atoms with Gasteiger partial charge in [-0.25, -0.2) is 0 Å². The molecule has 4 nitrogen and oxygen atoms in total. The Kier molecular flexibility index (Phi) is 4.91. The van der Waals surface area contributed by atoms with Gasteiger partial charge in [-0.3, -0.25) is 4.79 Å². The first-order chi connectivity index (χ1) is 11.9. The zero-order chi connectivity index (χ0) is 18.0. The van der Waals surface area contributed by atoms with Gasteiger partial charge in [-0.1, -0.05) is 29.3 Å². The number of amides is 1. The highest BCUT2D eigenvalue weighted by atomic mass is 35.5. The standard InChI is InChI=1S/C20H22ClNO3/c1-14-5-8-16(9-6-14)24-12-4-11-22-17-13-15(21)7-10-18(17)25-20(2,3)19(22)23/h5-10,13H,4,11-12H2,1-3H3. The molecule has 1 amide bonds. The highest BCUT2D eigenvalue weighted by molar-refractivity contribution is 6.31. The number of carbonyl (C=O) groups excluding carboxylic acids is 1. The maximum Gasteiger partial charge on any atom is 0.270 e. The monoisotopic (exact) mass is 359 g/mol. The first-order valence-corrected chi connectivity index (χ1v) is 8.74. The van der Waals surface area contributed by atoms with Crippen LogP contribution in [0.15, 0.2) is 42.5 Å². The van der Waals surface area contributed by atoms with Gasteiger partial charge in [0.15, 0.2) is 5.60 Å². The molecule has 132 valence electrons. The summed E-state index contributed by atoms with van der Waals surface area (Å²) in [7, 11) is 0. The van der Waals surface area contributed by atoms with Crippen molar-refractivity contribution in [2.45, 2.75) is 32.8 Å². The molecule has 1 aliphatic heterocycles. The second-order valence-electron chi connectivity index (χ2n) is 6.70. The lowest BCUT2D eigenvalue weighted by molar-refractivity contribution is -0.132. The molecule has 2 aromatic carbocycles. The van der Waals surface area contributed by atoms with Crippen molar-refractivity contribution < 1.29 is 14.3 Å². The van der Waals surface area contributed by atoms with E-state index in [1.807, 2.05) is 37.3 Å². The Balaban J connectivity index is 1.67. The van der Waals surface area contributed by atoms with E-state index in [0.717, 1.165) is 5.75 Å². The van der Waals surface area contributed by atoms with Crippen LogP contribution >= 0.6 is 11.6 Å². The van der Waals surface area contributed by atoms with Gasteiger partial charge >= 0.3 is 0 Å². The lowest BCUT2D eigenvalue weighted by Crippen LogP contribution is -2.52. The SMILES string of the molecule is Cc1ccc(OCCCN2C(=O)C(C)(C)Oc3ccc(Cl)cc32)cc1. The van der Waals surface area contributed by atoms with E-state index in [0.29, 0.717) is 36.0 Å². The molecule has 0 N–H and O–H groups in total. The average molecular weight is 360 g/mol. The summed E-state index contributed by atoms with van der Waals surface area (Å²) in [6, 6.07) is 13.3. The molecule has 0 spiro atoms. The molecule has 25 heavy (non-hydrogen) atoms. The van der Waals surface area contributed by atoms with Gasteiger partial charge in [0.25, 0.3) is 5.91 Å². The van der Waals surface area contributed by atoms with Gasteiger partial charge in [0.2, 0.25) is 0 Å². The fraction of sp³-hybridized carbons (Fsp3) is 0.350. The third-order valence-corrected chi connectivity index (χ3v) is 4.39. The van der Waals surface area contributed by atoms with Crippen molar-refractivity contribution in [2.75, 3.05) is 18.1 Å². The molecule has 5 heteroatoms. The Morgan fingerprint density at radius 1 is 1.16 bits per heavy atom. The molecular weight excluding hydrogens is 338 g/mol. The van der Waals surface area contributed by atoms with Crippen LogP contribution in [0.4, 0.5) is 5.69 Å². The van der Waals surface area contributed by atoms with Crippen molar-refractivity contribution in [3.63, 3.8) is 0 Å². The lowest BCUT2D eigenvalue weighted by Gasteiger charge is -2.38. The summed E-state index contributed by atoms with van der Waals surface area (Å²) in [6.45, 7) is 6.68. The summed E-state index contributed by atoms with van der Waals surface area (Å²) in [5.74, 6) is 1.44. The topological polar surface area (TPSA) is 38.8 Å². The van der Waals surface area contributed by atoms with E-state index in [1.165, 1.54) is 5.56 Å². The number of hydrogen-bond acceptors (Lipinski definition) is 3. The average Bonchev–Trinajstić information content (AvgIpc) is 2.57. The van der Waals surface area contributed by atoms with E-state index in [2.05, 4.69) is 0 Å². The Hall–Kier alpha value is -2.20. The van der Waals surface area contributed by atoms with Gasteiger partial charge in [-0.2, -0.15) is 0 Å². The third kappa shape index (κ3) is 3.90. The molecule has 0 bridgehead atoms. The zero-order valence-electron chi connectivity index (χ0n) is 14.7. The number of ether oxygens (including phenoxy) is 2. The minimum atomic E-state index is -0.890. The van der Waals surface area contributed by atoms with Crippen LogP contribution in [0, 0.1) is 6.92 Å². The van der Waals surface area contributed by atoms with Crippen LogP contribution in [0.2, 0.25) is 5.02 Å². The summed E-state index contributed by atoms with van der Waals surface area (Å²) in [5, 5.41) is 0.579. The molecule has 0 aliphatic carbocycles. The number of anilines is 1. The molecule has 0 atom stereocenters. The number of fused-ring (bicyclic) bond motifs is 1. The second kappa shape index (κ2) is 6.96. The quantitative estimate of drug-likeness (QED) is 0.731. The summed E-state index contributed by atoms with van der Waals surface area (Å²) in [4.78, 5) is 14.5. The van der Waals surface area contributed by atoms with E-state index in [1.54, 1.807) is 30.9 Å². The van der Waals surface area contributed by atoms with Gasteiger partial charge in [0.05, 0.1) is 12.3 Å². The van der Waals surface area contributed by atoms with Crippen molar-refractivity contribution >= 4 is 23.2 Å². The molecule has 0 radical (unpaired) electrons. The number of rotatable bonds is 5. The molecule has 1 aliphatic rings. The molecule has 1 heterocycles. The normalized spacial score (nSPS) is 15.5. The van der Waals surface area contributed by atoms with Crippen molar-refractivity contribution in [3.8, 4) is 11.5 Å². The Morgan fingerprint density at radius 3 is 2.60 bits per heavy atom. The number of hydrogen-bond donors (Lipinski definition) is 0. The Bertz CT molecular complexity index is 771. The van der Waals surface area contributed by atoms with Gasteiger partial charge < -0.3 is 14.4 Å². The van der Waals surface area contributed by atoms with E-state index in [-0.39, 0.29) is 5.91 Å². The van der Waals surface area contributed by atoms with Gasteiger partial charge in [-0.05, 0) is 57.5 Å². The van der Waals surface area contributed by atoms with Crippen LogP contribution < -0.4 is 14.4 Å². The number of aryl methyl sites for hydroxylation is 1. The number of benzene rings is 2. The van der Waals surface area contributed by atoms with E-state index in [9.17, 15) is 4.79 Å². The second-order valence-corrected chi connectivity index (χ2v) is 7.13. The van der Waals surface area contributed by atoms with Crippen LogP contribution in [0.3, 0.4) is 0 Å². The van der Waals surface area contributed by atoms with Crippen LogP contribution in [0.1, 0.15) is 25.8 Å². The van der Waals surface area contributed by atoms with Crippen molar-refractivity contribution in [1.82, 2.24) is 0 Å². The molecule has 3 rings (SSSR count). The van der Waals surface area contributed by atoms with Gasteiger partial charge in [0, 0.05) is 11.6 Å². The highest BCUT2D eigenvalue weighted by Gasteiger charge is 2.40. The smallest absolute Gasteiger partial charge is 0.270 e. The molecular formula is C20H22ClNO3. The Labute approximate surface area is 153 Å². The maximum absolute atomic E-state index is 12.7. The van der Waals surface area contributed by atoms with Gasteiger partial charge in [0.1, 0.15) is 11.5 Å². The third-order valence-electron chi connectivity index (χ3n) is 4.15. The summed E-state index contributed by atoms with van der Waals surface area (Å²) in [6.07, 6.45) is 0.710. The van der Waals surface area contributed by atoms with Crippen molar-refractivity contribution in [1.29, 1.82) is 0 Å². The van der Waals surface area contributed by atoms with Gasteiger partial charge in [-0.15, -0.1) is 0 Å². The first-order valence-electron chi connectivity index (χ1n) is 8.37. The Morgan fingerprint density at radius 2 is 1.88 bits per heavy atom. The van der Waals surface area contributed by atoms with Crippen molar-refractivity contribution in [2.24, 2.45) is 0 Å². The van der Waals surface area contributed by atoms with Crippen molar-refractivity contribution in [3.05, 3.63) is 53.1 Å². The largest absolute Gasteiger partial charge is 0.494 e. The molecule has 0 fully saturated rings. The fourth-order valence-electron chi connectivity index (χ4n) is 2.81. The maximum atomic E-state index is 12.7. The van der Waals surface area contributed by atoms with E-state index < -0.39 is 5.60 Å². The van der Waals surface area contributed by atoms with Crippen LogP contribution in [0.5, 0.6) is 11.5 Å². The predicted octanol–water partition coefficient (Wildman–Crippen LogP) is 4.62. The van der Waals surface area contributed by atoms with Crippen LogP contribution in [0.25, 0.3) is 0 Å². The van der Waals surface area contributed by atoms with E-state index >= 15 is 0 Å². The molecule has 0 unspecified atom stereocenters. The fourth-order valence-corrected chi connectivity index (χ4v) is 2.98. The minimum Gasteiger partial charge on any atom is -0.494 e. The molecule has 0 aromatic heterocycles. The van der Waals surface area contributed by atoms with Crippen LogP contribution in [-0.4, -0.2) is 24.7 Å². The number of nitrogens with zero attached hydrogens (tertiary/aromatic N) is 1. The number of carbonyl (C=O) groups is 1. The molecule has 2 aromatic rings. The predicted molar refractivity (Wildman–Crippen MR) is 99.8 cm³/mol.